The molecule has 0 unspecified atom stereocenters. The van der Waals surface area contributed by atoms with Gasteiger partial charge in [-0.1, -0.05) is 108 Å². The van der Waals surface area contributed by atoms with Crippen molar-refractivity contribution in [2.75, 3.05) is 0 Å². The Balaban J connectivity index is 1.57. The zero-order valence-electron chi connectivity index (χ0n) is 30.9. The number of rotatable bonds is 3. The molecule has 0 fully saturated rings. The number of aromatic nitrogens is 2. The van der Waals surface area contributed by atoms with E-state index in [0.29, 0.717) is 33.6 Å². The first-order valence-electron chi connectivity index (χ1n) is 17.9. The number of hydrogen-bond acceptors (Lipinski definition) is 1. The van der Waals surface area contributed by atoms with E-state index in [2.05, 4.69) is 105 Å². The summed E-state index contributed by atoms with van der Waals surface area (Å²) >= 11 is 0. The van der Waals surface area contributed by atoms with Crippen LogP contribution in [0.3, 0.4) is 0 Å². The van der Waals surface area contributed by atoms with E-state index >= 15 is 0 Å². The Morgan fingerprint density at radius 2 is 0.925 bits per heavy atom. The minimum absolute atomic E-state index is 0.149. The van der Waals surface area contributed by atoms with E-state index in [0.717, 1.165) is 54.7 Å². The third-order valence-electron chi connectivity index (χ3n) is 10.5. The van der Waals surface area contributed by atoms with Crippen LogP contribution >= 0.6 is 0 Å². The van der Waals surface area contributed by atoms with Crippen molar-refractivity contribution in [3.8, 4) is 28.6 Å². The van der Waals surface area contributed by atoms with Crippen LogP contribution in [0.2, 0.25) is 0 Å². The fourth-order valence-corrected chi connectivity index (χ4v) is 7.75. The molecule has 2 aromatic heterocycles. The molecule has 0 bridgehead atoms. The molecule has 264 valence electrons. The summed E-state index contributed by atoms with van der Waals surface area (Å²) in [5, 5.41) is 15.4. The van der Waals surface area contributed by atoms with Gasteiger partial charge < -0.3 is 9.13 Å². The maximum atomic E-state index is 14.3. The average Bonchev–Trinajstić information content (AvgIpc) is 3.62. The topological polar surface area (TPSA) is 33.6 Å². The van der Waals surface area contributed by atoms with Crippen LogP contribution in [0.5, 0.6) is 0 Å². The van der Waals surface area contributed by atoms with Crippen LogP contribution in [0.15, 0.2) is 115 Å². The second-order valence-corrected chi connectivity index (χ2v) is 16.3. The van der Waals surface area contributed by atoms with E-state index in [1.54, 1.807) is 13.0 Å². The number of fused-ring (bicyclic) bond motifs is 6. The van der Waals surface area contributed by atoms with Gasteiger partial charge in [0.25, 0.3) is 0 Å². The van der Waals surface area contributed by atoms with E-state index < -0.39 is 11.7 Å². The molecule has 53 heavy (non-hydrogen) atoms. The molecule has 0 atom stereocenters. The van der Waals surface area contributed by atoms with Crippen LogP contribution in [-0.2, 0) is 17.0 Å². The van der Waals surface area contributed by atoms with Gasteiger partial charge in [-0.05, 0) is 94.1 Å². The molecular formula is C47H40F3N3. The molecule has 0 amide bonds. The minimum atomic E-state index is -4.52. The molecule has 8 aromatic rings. The highest BCUT2D eigenvalue weighted by atomic mass is 19.4. The average molecular weight is 704 g/mol. The maximum absolute atomic E-state index is 14.3. The zero-order valence-corrected chi connectivity index (χ0v) is 30.9. The zero-order chi connectivity index (χ0) is 37.6. The van der Waals surface area contributed by atoms with E-state index in [-0.39, 0.29) is 10.8 Å². The third-order valence-corrected chi connectivity index (χ3v) is 10.5. The first-order chi connectivity index (χ1) is 25.0. The Morgan fingerprint density at radius 3 is 1.36 bits per heavy atom. The highest BCUT2D eigenvalue weighted by Crippen LogP contribution is 2.42. The summed E-state index contributed by atoms with van der Waals surface area (Å²) in [6.07, 6.45) is -4.52. The molecular weight excluding hydrogens is 664 g/mol. The van der Waals surface area contributed by atoms with Gasteiger partial charge in [-0.3, -0.25) is 0 Å². The largest absolute Gasteiger partial charge is 0.416 e. The molecule has 0 N–H and O–H groups in total. The van der Waals surface area contributed by atoms with Gasteiger partial charge in [0, 0.05) is 21.5 Å². The van der Waals surface area contributed by atoms with Crippen LogP contribution in [0.4, 0.5) is 13.2 Å². The molecule has 8 rings (SSSR count). The molecule has 0 aliphatic rings. The molecule has 6 heteroatoms. The first-order valence-corrected chi connectivity index (χ1v) is 17.9. The van der Waals surface area contributed by atoms with Gasteiger partial charge >= 0.3 is 6.18 Å². The number of para-hydroxylation sites is 2. The summed E-state index contributed by atoms with van der Waals surface area (Å²) in [4.78, 5) is 0. The Labute approximate surface area is 307 Å². The number of halogens is 3. The number of nitrogens with zero attached hydrogens (tertiary/aromatic N) is 3. The van der Waals surface area contributed by atoms with Gasteiger partial charge in [0.05, 0.1) is 39.0 Å². The van der Waals surface area contributed by atoms with Crippen molar-refractivity contribution in [2.24, 2.45) is 0 Å². The van der Waals surface area contributed by atoms with Crippen molar-refractivity contribution in [1.82, 2.24) is 9.13 Å². The summed E-state index contributed by atoms with van der Waals surface area (Å²) in [6, 6.07) is 39.8. The van der Waals surface area contributed by atoms with Crippen LogP contribution in [-0.4, -0.2) is 9.13 Å². The standard InChI is InChI=1S/C47H40F3N3/c1-28-20-29(22-33(21-28)47(48,49)50)30-23-41(52-39-14-10-8-12-34(39)36-18-16-31(25-43(36)52)45(2,3)4)38(27-51)42(24-30)53-40-15-11-9-13-35(40)37-19-17-32(26-44(37)53)46(5,6)7/h8-26H,1-7H3. The molecule has 6 aromatic carbocycles. The second-order valence-electron chi connectivity index (χ2n) is 16.3. The Bertz CT molecular complexity index is 2660. The summed E-state index contributed by atoms with van der Waals surface area (Å²) in [5.74, 6) is 0. The van der Waals surface area contributed by atoms with E-state index in [1.807, 2.05) is 48.5 Å². The number of hydrogen-bond donors (Lipinski definition) is 0. The lowest BCUT2D eigenvalue weighted by Crippen LogP contribution is -2.11. The van der Waals surface area contributed by atoms with E-state index in [4.69, 9.17) is 0 Å². The summed E-state index contributed by atoms with van der Waals surface area (Å²) in [5.41, 5.74) is 8.06. The molecule has 0 aliphatic carbocycles. The van der Waals surface area contributed by atoms with Gasteiger partial charge in [0.15, 0.2) is 0 Å². The summed E-state index contributed by atoms with van der Waals surface area (Å²) < 4.78 is 47.2. The fourth-order valence-electron chi connectivity index (χ4n) is 7.75. The Kier molecular flexibility index (Phi) is 7.68. The highest BCUT2D eigenvalue weighted by molar-refractivity contribution is 6.11. The number of benzene rings is 6. The second kappa shape index (κ2) is 11.9. The van der Waals surface area contributed by atoms with Crippen LogP contribution in [0.25, 0.3) is 66.1 Å². The molecule has 3 nitrogen and oxygen atoms in total. The molecule has 2 heterocycles. The monoisotopic (exact) mass is 703 g/mol. The lowest BCUT2D eigenvalue weighted by Gasteiger charge is -2.22. The van der Waals surface area contributed by atoms with Crippen molar-refractivity contribution in [3.63, 3.8) is 0 Å². The summed E-state index contributed by atoms with van der Waals surface area (Å²) in [6.45, 7) is 14.7. The van der Waals surface area contributed by atoms with Gasteiger partial charge in [0.2, 0.25) is 0 Å². The normalized spacial score (nSPS) is 12.7. The fraction of sp³-hybridized carbons (Fsp3) is 0.213. The highest BCUT2D eigenvalue weighted by Gasteiger charge is 2.31. The first kappa shape index (κ1) is 34.3. The van der Waals surface area contributed by atoms with Crippen molar-refractivity contribution in [2.45, 2.75) is 65.5 Å². The number of nitriles is 1. The van der Waals surface area contributed by atoms with Crippen molar-refractivity contribution in [1.29, 1.82) is 5.26 Å². The molecule has 0 radical (unpaired) electrons. The van der Waals surface area contributed by atoms with Crippen LogP contribution in [0.1, 0.15) is 69.4 Å². The lowest BCUT2D eigenvalue weighted by atomic mass is 9.86. The molecule has 0 saturated carbocycles. The van der Waals surface area contributed by atoms with Crippen molar-refractivity contribution in [3.05, 3.63) is 143 Å². The van der Waals surface area contributed by atoms with Gasteiger partial charge in [0.1, 0.15) is 11.6 Å². The molecule has 0 saturated heterocycles. The Morgan fingerprint density at radius 1 is 0.491 bits per heavy atom. The predicted molar refractivity (Wildman–Crippen MR) is 212 cm³/mol. The third kappa shape index (κ3) is 5.67. The predicted octanol–water partition coefficient (Wildman–Crippen LogP) is 13.3. The molecule has 0 aliphatic heterocycles. The smallest absolute Gasteiger partial charge is 0.308 e. The van der Waals surface area contributed by atoms with E-state index in [9.17, 15) is 18.4 Å². The maximum Gasteiger partial charge on any atom is 0.416 e. The number of aryl methyl sites for hydroxylation is 1. The van der Waals surface area contributed by atoms with Crippen LogP contribution in [0, 0.1) is 18.3 Å². The van der Waals surface area contributed by atoms with E-state index in [1.165, 1.54) is 12.1 Å². The SMILES string of the molecule is Cc1cc(-c2cc(-n3c4ccccc4c4ccc(C(C)(C)C)cc43)c(C#N)c(-n3c4ccccc4c4ccc(C(C)(C)C)cc43)c2)cc(C(F)(F)F)c1. The van der Waals surface area contributed by atoms with Crippen molar-refractivity contribution < 1.29 is 13.2 Å². The van der Waals surface area contributed by atoms with Gasteiger partial charge in [-0.25, -0.2) is 0 Å². The Hall–Kier alpha value is -5.80. The lowest BCUT2D eigenvalue weighted by molar-refractivity contribution is -0.137. The number of alkyl halides is 3. The quantitative estimate of drug-likeness (QED) is 0.180. The van der Waals surface area contributed by atoms with Crippen molar-refractivity contribution >= 4 is 43.6 Å². The summed E-state index contributed by atoms with van der Waals surface area (Å²) in [7, 11) is 0. The molecule has 0 spiro atoms. The van der Waals surface area contributed by atoms with Gasteiger partial charge in [-0.15, -0.1) is 0 Å². The van der Waals surface area contributed by atoms with Crippen LogP contribution < -0.4 is 0 Å². The minimum Gasteiger partial charge on any atom is -0.308 e. The van der Waals surface area contributed by atoms with Gasteiger partial charge in [-0.2, -0.15) is 18.4 Å².